The van der Waals surface area contributed by atoms with Gasteiger partial charge in [-0.2, -0.15) is 0 Å². The molecule has 698 valence electrons. The fraction of sp³-hybridized carbons (Fsp3) is 0.400. The fourth-order valence-electron chi connectivity index (χ4n) is 21.1. The van der Waals surface area contributed by atoms with Gasteiger partial charge in [0.2, 0.25) is 0 Å². The van der Waals surface area contributed by atoms with Crippen molar-refractivity contribution in [1.29, 1.82) is 0 Å². The summed E-state index contributed by atoms with van der Waals surface area (Å²) in [4.78, 5) is 5.72. The quantitative estimate of drug-likeness (QED) is 0.141. The molecule has 0 radical (unpaired) electrons. The summed E-state index contributed by atoms with van der Waals surface area (Å²) < 4.78 is 5.24. The molecule has 2 aliphatic rings. The number of aromatic nitrogens is 2. The van der Waals surface area contributed by atoms with Crippen LogP contribution in [0.15, 0.2) is 231 Å². The highest BCUT2D eigenvalue weighted by molar-refractivity contribution is 7.00. The van der Waals surface area contributed by atoms with Crippen molar-refractivity contribution in [2.24, 2.45) is 0 Å². The van der Waals surface area contributed by atoms with E-state index in [1.165, 1.54) is 188 Å². The van der Waals surface area contributed by atoms with Crippen LogP contribution in [0.4, 0.5) is 34.1 Å². The zero-order valence-electron chi connectivity index (χ0n) is 89.8. The van der Waals surface area contributed by atoms with Crippen LogP contribution >= 0.6 is 0 Å². The molecule has 0 unspecified atom stereocenters. The maximum atomic E-state index is 2.86. The fourth-order valence-corrected chi connectivity index (χ4v) is 21.1. The predicted molar refractivity (Wildman–Crippen MR) is 594 cm³/mol. The third kappa shape index (κ3) is 17.3. The van der Waals surface area contributed by atoms with Crippen molar-refractivity contribution in [3.63, 3.8) is 0 Å². The molecule has 4 nitrogen and oxygen atoms in total. The Morgan fingerprint density at radius 1 is 0.178 bits per heavy atom. The van der Waals surface area contributed by atoms with Gasteiger partial charge in [0.1, 0.15) is 0 Å². The summed E-state index contributed by atoms with van der Waals surface area (Å²) in [6.45, 7) is 93.0. The van der Waals surface area contributed by atoms with Gasteiger partial charge in [-0.05, 0) is 291 Å². The first-order valence-electron chi connectivity index (χ1n) is 50.3. The van der Waals surface area contributed by atoms with Crippen molar-refractivity contribution in [2.45, 2.75) is 340 Å². The zero-order chi connectivity index (χ0) is 98.4. The smallest absolute Gasteiger partial charge is 0.252 e. The first-order chi connectivity index (χ1) is 62.1. The van der Waals surface area contributed by atoms with Crippen LogP contribution in [0.25, 0.3) is 99.5 Å². The zero-order valence-corrected chi connectivity index (χ0v) is 89.8. The van der Waals surface area contributed by atoms with Crippen LogP contribution in [0.5, 0.6) is 0 Å². The van der Waals surface area contributed by atoms with Crippen molar-refractivity contribution in [3.8, 4) is 55.9 Å². The average molecular weight is 1780 g/mol. The van der Waals surface area contributed by atoms with Gasteiger partial charge in [-0.15, -0.1) is 0 Å². The summed E-state index contributed by atoms with van der Waals surface area (Å²) >= 11 is 0. The molecular formula is C130H155BN4. The lowest BCUT2D eigenvalue weighted by Crippen LogP contribution is -2.61. The minimum atomic E-state index is -0.413. The Labute approximate surface area is 813 Å². The average Bonchev–Trinajstić information content (AvgIpc) is 0.999. The van der Waals surface area contributed by atoms with Gasteiger partial charge in [0.25, 0.3) is 6.71 Å². The Hall–Kier alpha value is -10.9. The van der Waals surface area contributed by atoms with Crippen molar-refractivity contribution in [1.82, 2.24) is 9.13 Å². The first-order valence-corrected chi connectivity index (χ1v) is 50.3. The number of nitrogens with zero attached hydrogens (tertiary/aromatic N) is 4. The Kier molecular flexibility index (Phi) is 22.6. The molecule has 15 aromatic rings. The highest BCUT2D eigenvalue weighted by Gasteiger charge is 2.48. The van der Waals surface area contributed by atoms with Gasteiger partial charge in [-0.25, -0.2) is 0 Å². The maximum absolute atomic E-state index is 2.86. The van der Waals surface area contributed by atoms with Crippen LogP contribution in [0.1, 0.15) is 342 Å². The molecule has 0 saturated heterocycles. The molecule has 13 aromatic carbocycles. The highest BCUT2D eigenvalue weighted by Crippen LogP contribution is 2.59. The third-order valence-corrected chi connectivity index (χ3v) is 29.9. The van der Waals surface area contributed by atoms with Gasteiger partial charge >= 0.3 is 0 Å². The van der Waals surface area contributed by atoms with Crippen molar-refractivity contribution < 1.29 is 0 Å². The second kappa shape index (κ2) is 31.8. The number of benzene rings is 13. The molecule has 0 fully saturated rings. The van der Waals surface area contributed by atoms with Crippen LogP contribution in [0, 0.1) is 0 Å². The SMILES string of the molecule is CC(C)(C)c1ccc(-c2cc(C(C)(C)C)cc(-c3ccc(C(C)(C)C)cc3C(C)(C)C)c2N2c3cc(-n4c5ccc(C(C)(C)C)cc5c5cc(C(C)(C)C)ccc54)ccc3B3c4ccc(-n5c6ccc(C(C)(C)C)cc6c6cc(C(C)(C)C)ccc65)cc4N(c4c(-c5ccc(C(C)(C)C)cc5)cc(C(C)(C)C)cc4-c4ccc(C(C)(C)C)cc4C(C)(C)C)c4cc(C(C)(C)C)cc2c43)cc1. The first kappa shape index (κ1) is 95.8. The lowest BCUT2D eigenvalue weighted by atomic mass is 9.33. The summed E-state index contributed by atoms with van der Waals surface area (Å²) in [5, 5.41) is 5.06. The van der Waals surface area contributed by atoms with Crippen LogP contribution in [-0.4, -0.2) is 15.8 Å². The second-order valence-electron chi connectivity index (χ2n) is 53.9. The molecule has 0 aliphatic carbocycles. The van der Waals surface area contributed by atoms with Crippen molar-refractivity contribution in [3.05, 3.63) is 303 Å². The van der Waals surface area contributed by atoms with E-state index in [0.29, 0.717) is 0 Å². The van der Waals surface area contributed by atoms with Gasteiger partial charge in [0, 0.05) is 77.9 Å². The molecule has 5 heteroatoms. The van der Waals surface area contributed by atoms with E-state index in [1.807, 2.05) is 0 Å². The van der Waals surface area contributed by atoms with Crippen LogP contribution in [0.3, 0.4) is 0 Å². The highest BCUT2D eigenvalue weighted by atomic mass is 15.2. The Morgan fingerprint density at radius 3 is 0.674 bits per heavy atom. The minimum Gasteiger partial charge on any atom is -0.310 e. The minimum absolute atomic E-state index is 0.0914. The third-order valence-electron chi connectivity index (χ3n) is 29.9. The number of anilines is 6. The molecule has 2 aromatic heterocycles. The van der Waals surface area contributed by atoms with Gasteiger partial charge < -0.3 is 18.9 Å². The molecule has 0 amide bonds. The second-order valence-corrected chi connectivity index (χ2v) is 53.9. The van der Waals surface area contributed by atoms with Gasteiger partial charge in [-0.3, -0.25) is 0 Å². The molecule has 0 N–H and O–H groups in total. The standard InChI is InChI=1S/C130H155BN4/c1-118(2,3)80-44-40-78(41-45-80)95-68-88(126(25,26)27)70-101(93-56-48-86(124(19,20)21)72-103(93)129(34,35)36)116(95)134-111-76-91(132-107-60-50-82(120(7,8)9)64-97(107)98-65-83(121(10,11)12)51-61-108(98)132)54-58-105(111)131-106-59-55-92(133-109-62-52-84(122(13,14)15)66-99(109)100-67-85(123(16,17)18)53-63-110(100)133)77-112(106)135(114-75-90(128(31,32)33)74-113(134)115(114)131)117-96(79-42-46-81(47-43-79)119(4,5)6)69-89(127(28,29)30)71-102(117)94-57-49-87(125(22,23)24)73-104(94)130(37,38)39/h40-77H,1-39H3. The van der Waals surface area contributed by atoms with E-state index in [0.717, 1.165) is 34.1 Å². The summed E-state index contributed by atoms with van der Waals surface area (Å²) in [6.07, 6.45) is 0. The molecule has 4 heterocycles. The molecule has 0 atom stereocenters. The largest absolute Gasteiger partial charge is 0.310 e. The number of hydrogen-bond acceptors (Lipinski definition) is 2. The topological polar surface area (TPSA) is 16.3 Å². The Balaban J connectivity index is 1.13. The number of rotatable bonds is 8. The van der Waals surface area contributed by atoms with E-state index < -0.39 is 5.41 Å². The summed E-state index contributed by atoms with van der Waals surface area (Å²) in [5.74, 6) is 0. The molecule has 2 aliphatic heterocycles. The normalized spacial score (nSPS) is 14.1. The predicted octanol–water partition coefficient (Wildman–Crippen LogP) is 35.5. The maximum Gasteiger partial charge on any atom is 0.252 e. The molecule has 0 bridgehead atoms. The molecular weight excluding hydrogens is 1630 g/mol. The lowest BCUT2D eigenvalue weighted by Gasteiger charge is -2.47. The summed E-state index contributed by atoms with van der Waals surface area (Å²) in [5.41, 5.74) is 41.9. The van der Waals surface area contributed by atoms with Crippen molar-refractivity contribution >= 4 is 101 Å². The molecule has 0 spiro atoms. The lowest BCUT2D eigenvalue weighted by molar-refractivity contribution is 0.569. The number of fused-ring (bicyclic) bond motifs is 10. The van der Waals surface area contributed by atoms with Crippen LogP contribution in [0.2, 0.25) is 0 Å². The van der Waals surface area contributed by atoms with E-state index in [4.69, 9.17) is 0 Å². The van der Waals surface area contributed by atoms with Gasteiger partial charge in [0.05, 0.1) is 33.4 Å². The van der Waals surface area contributed by atoms with Crippen LogP contribution in [-0.2, 0) is 70.4 Å². The van der Waals surface area contributed by atoms with Crippen LogP contribution < -0.4 is 26.2 Å². The van der Waals surface area contributed by atoms with E-state index >= 15 is 0 Å². The Bertz CT molecular complexity index is 6700. The van der Waals surface area contributed by atoms with E-state index in [-0.39, 0.29) is 71.7 Å². The molecule has 17 rings (SSSR count). The van der Waals surface area contributed by atoms with Gasteiger partial charge in [-0.1, -0.05) is 391 Å². The number of hydrogen-bond donors (Lipinski definition) is 0. The van der Waals surface area contributed by atoms with E-state index in [1.54, 1.807) is 0 Å². The van der Waals surface area contributed by atoms with Crippen molar-refractivity contribution in [2.75, 3.05) is 9.80 Å². The Morgan fingerprint density at radius 2 is 0.415 bits per heavy atom. The van der Waals surface area contributed by atoms with E-state index in [2.05, 4.69) is 519 Å². The summed E-state index contributed by atoms with van der Waals surface area (Å²) in [6, 6.07) is 95.4. The monoisotopic (exact) mass is 1780 g/mol. The molecule has 0 saturated carbocycles. The molecule has 135 heavy (non-hydrogen) atoms. The van der Waals surface area contributed by atoms with Gasteiger partial charge in [0.15, 0.2) is 0 Å². The summed E-state index contributed by atoms with van der Waals surface area (Å²) in [7, 11) is 0. The van der Waals surface area contributed by atoms with E-state index in [9.17, 15) is 0 Å².